The summed E-state index contributed by atoms with van der Waals surface area (Å²) in [7, 11) is 0. The zero-order chi connectivity index (χ0) is 14.5. The van der Waals surface area contributed by atoms with Gasteiger partial charge in [0.05, 0.1) is 0 Å². The maximum atomic E-state index is 6.08. The molecule has 1 aromatic carbocycles. The van der Waals surface area contributed by atoms with Crippen molar-refractivity contribution in [3.05, 3.63) is 57.3 Å². The van der Waals surface area contributed by atoms with Crippen LogP contribution in [0.2, 0.25) is 0 Å². The number of hydrogen-bond acceptors (Lipinski definition) is 3. The fraction of sp³-hybridized carbons (Fsp3) is 0.412. The number of benzene rings is 1. The minimum absolute atomic E-state index is 0.294. The molecule has 20 heavy (non-hydrogen) atoms. The van der Waals surface area contributed by atoms with Gasteiger partial charge in [0, 0.05) is 24.0 Å². The van der Waals surface area contributed by atoms with Crippen molar-refractivity contribution in [1.29, 1.82) is 0 Å². The summed E-state index contributed by atoms with van der Waals surface area (Å²) in [6.45, 7) is 9.17. The van der Waals surface area contributed by atoms with Crippen molar-refractivity contribution in [2.24, 2.45) is 5.73 Å². The van der Waals surface area contributed by atoms with Gasteiger partial charge in [0.25, 0.3) is 0 Å². The van der Waals surface area contributed by atoms with Crippen molar-refractivity contribution < 1.29 is 0 Å². The van der Waals surface area contributed by atoms with Gasteiger partial charge in [0.2, 0.25) is 0 Å². The van der Waals surface area contributed by atoms with E-state index in [0.29, 0.717) is 12.6 Å². The second-order valence-electron chi connectivity index (χ2n) is 5.25. The molecule has 1 aromatic heterocycles. The number of nitrogens with zero attached hydrogens (tertiary/aromatic N) is 1. The topological polar surface area (TPSA) is 29.3 Å². The van der Waals surface area contributed by atoms with Gasteiger partial charge in [-0.1, -0.05) is 36.8 Å². The van der Waals surface area contributed by atoms with E-state index in [9.17, 15) is 0 Å². The number of aryl methyl sites for hydroxylation is 2. The van der Waals surface area contributed by atoms with E-state index >= 15 is 0 Å². The summed E-state index contributed by atoms with van der Waals surface area (Å²) in [6, 6.07) is 11.3. The van der Waals surface area contributed by atoms with Crippen LogP contribution in [-0.4, -0.2) is 18.0 Å². The standard InChI is InChI=1S/C17H24N2S/c1-4-19(12-15-6-5-9-20-15)17(11-18)16-8-7-13(2)10-14(16)3/h5-10,17H,4,11-12,18H2,1-3H3. The Kier molecular flexibility index (Phi) is 5.35. The van der Waals surface area contributed by atoms with Gasteiger partial charge in [-0.15, -0.1) is 11.3 Å². The Labute approximate surface area is 126 Å². The van der Waals surface area contributed by atoms with Crippen molar-refractivity contribution in [3.8, 4) is 0 Å². The second-order valence-corrected chi connectivity index (χ2v) is 6.29. The van der Waals surface area contributed by atoms with E-state index in [1.54, 1.807) is 0 Å². The molecular formula is C17H24N2S. The van der Waals surface area contributed by atoms with Gasteiger partial charge in [-0.25, -0.2) is 0 Å². The Morgan fingerprint density at radius 2 is 2.05 bits per heavy atom. The fourth-order valence-corrected chi connectivity index (χ4v) is 3.45. The molecule has 0 saturated carbocycles. The summed E-state index contributed by atoms with van der Waals surface area (Å²) in [5.74, 6) is 0. The number of nitrogens with two attached hydrogens (primary N) is 1. The summed E-state index contributed by atoms with van der Waals surface area (Å²) in [6.07, 6.45) is 0. The van der Waals surface area contributed by atoms with Crippen LogP contribution in [-0.2, 0) is 6.54 Å². The van der Waals surface area contributed by atoms with E-state index in [0.717, 1.165) is 13.1 Å². The van der Waals surface area contributed by atoms with Gasteiger partial charge < -0.3 is 5.73 Å². The molecule has 2 rings (SSSR count). The third-order valence-electron chi connectivity index (χ3n) is 3.79. The summed E-state index contributed by atoms with van der Waals surface area (Å²) in [5, 5.41) is 2.14. The minimum atomic E-state index is 0.294. The van der Waals surface area contributed by atoms with Crippen LogP contribution in [0.25, 0.3) is 0 Å². The highest BCUT2D eigenvalue weighted by atomic mass is 32.1. The van der Waals surface area contributed by atoms with Crippen molar-refractivity contribution in [2.75, 3.05) is 13.1 Å². The Balaban J connectivity index is 2.24. The smallest absolute Gasteiger partial charge is 0.0476 e. The van der Waals surface area contributed by atoms with Gasteiger partial charge in [-0.05, 0) is 43.0 Å². The third-order valence-corrected chi connectivity index (χ3v) is 4.65. The molecule has 108 valence electrons. The molecule has 2 nitrogen and oxygen atoms in total. The molecule has 3 heteroatoms. The summed E-state index contributed by atoms with van der Waals surface area (Å²) >= 11 is 1.81. The Morgan fingerprint density at radius 3 is 2.60 bits per heavy atom. The monoisotopic (exact) mass is 288 g/mol. The molecule has 0 fully saturated rings. The molecule has 0 aliphatic heterocycles. The zero-order valence-corrected chi connectivity index (χ0v) is 13.4. The highest BCUT2D eigenvalue weighted by Gasteiger charge is 2.19. The highest BCUT2D eigenvalue weighted by molar-refractivity contribution is 7.09. The average Bonchev–Trinajstić information content (AvgIpc) is 2.93. The minimum Gasteiger partial charge on any atom is -0.329 e. The van der Waals surface area contributed by atoms with Crippen LogP contribution < -0.4 is 5.73 Å². The maximum absolute atomic E-state index is 6.08. The first-order valence-corrected chi connectivity index (χ1v) is 8.07. The molecule has 0 spiro atoms. The van der Waals surface area contributed by atoms with Crippen molar-refractivity contribution >= 4 is 11.3 Å². The quantitative estimate of drug-likeness (QED) is 0.874. The predicted octanol–water partition coefficient (Wildman–Crippen LogP) is 3.89. The van der Waals surface area contributed by atoms with Crippen LogP contribution in [0, 0.1) is 13.8 Å². The van der Waals surface area contributed by atoms with Gasteiger partial charge in [-0.3, -0.25) is 4.90 Å². The molecule has 0 amide bonds. The molecule has 2 aromatic rings. The lowest BCUT2D eigenvalue weighted by molar-refractivity contribution is 0.204. The summed E-state index contributed by atoms with van der Waals surface area (Å²) in [5.41, 5.74) is 10.1. The molecule has 2 N–H and O–H groups in total. The van der Waals surface area contributed by atoms with E-state index in [4.69, 9.17) is 5.73 Å². The molecule has 0 aliphatic carbocycles. The van der Waals surface area contributed by atoms with Crippen molar-refractivity contribution in [2.45, 2.75) is 33.4 Å². The summed E-state index contributed by atoms with van der Waals surface area (Å²) < 4.78 is 0. The lowest BCUT2D eigenvalue weighted by Crippen LogP contribution is -2.33. The van der Waals surface area contributed by atoms with E-state index in [2.05, 4.69) is 61.4 Å². The van der Waals surface area contributed by atoms with Crippen LogP contribution in [0.1, 0.15) is 34.5 Å². The van der Waals surface area contributed by atoms with Crippen LogP contribution in [0.15, 0.2) is 35.7 Å². The Hall–Kier alpha value is -1.16. The SMILES string of the molecule is CCN(Cc1cccs1)C(CN)c1ccc(C)cc1C. The third kappa shape index (κ3) is 3.48. The van der Waals surface area contributed by atoms with Crippen molar-refractivity contribution in [3.63, 3.8) is 0 Å². The number of hydrogen-bond donors (Lipinski definition) is 1. The van der Waals surface area contributed by atoms with Gasteiger partial charge in [-0.2, -0.15) is 0 Å². The normalized spacial score (nSPS) is 12.8. The van der Waals surface area contributed by atoms with Gasteiger partial charge in [0.1, 0.15) is 0 Å². The molecule has 1 atom stereocenters. The molecule has 0 bridgehead atoms. The fourth-order valence-electron chi connectivity index (χ4n) is 2.72. The lowest BCUT2D eigenvalue weighted by Gasteiger charge is -2.31. The Morgan fingerprint density at radius 1 is 1.25 bits per heavy atom. The molecule has 0 radical (unpaired) electrons. The van der Waals surface area contributed by atoms with E-state index in [1.807, 2.05) is 11.3 Å². The van der Waals surface area contributed by atoms with Gasteiger partial charge in [0.15, 0.2) is 0 Å². The molecule has 1 heterocycles. The van der Waals surface area contributed by atoms with E-state index in [1.165, 1.54) is 21.6 Å². The van der Waals surface area contributed by atoms with Gasteiger partial charge >= 0.3 is 0 Å². The molecular weight excluding hydrogens is 264 g/mol. The molecule has 1 unspecified atom stereocenters. The number of likely N-dealkylation sites (N-methyl/N-ethyl adjacent to an activating group) is 1. The van der Waals surface area contributed by atoms with Crippen LogP contribution in [0.3, 0.4) is 0 Å². The maximum Gasteiger partial charge on any atom is 0.0476 e. The van der Waals surface area contributed by atoms with Crippen molar-refractivity contribution in [1.82, 2.24) is 4.90 Å². The van der Waals surface area contributed by atoms with E-state index < -0.39 is 0 Å². The number of rotatable bonds is 6. The van der Waals surface area contributed by atoms with Crippen LogP contribution in [0.4, 0.5) is 0 Å². The largest absolute Gasteiger partial charge is 0.329 e. The second kappa shape index (κ2) is 7.02. The molecule has 0 aliphatic rings. The average molecular weight is 288 g/mol. The van der Waals surface area contributed by atoms with E-state index in [-0.39, 0.29) is 0 Å². The highest BCUT2D eigenvalue weighted by Crippen LogP contribution is 2.26. The summed E-state index contributed by atoms with van der Waals surface area (Å²) in [4.78, 5) is 3.86. The van der Waals surface area contributed by atoms with Crippen LogP contribution >= 0.6 is 11.3 Å². The predicted molar refractivity (Wildman–Crippen MR) is 88.1 cm³/mol. The first-order chi connectivity index (χ1) is 9.65. The zero-order valence-electron chi connectivity index (χ0n) is 12.6. The van der Waals surface area contributed by atoms with Crippen LogP contribution in [0.5, 0.6) is 0 Å². The Bertz CT molecular complexity index is 534. The molecule has 0 saturated heterocycles. The lowest BCUT2D eigenvalue weighted by atomic mass is 9.98. The first-order valence-electron chi connectivity index (χ1n) is 7.19. The number of thiophene rings is 1. The first kappa shape index (κ1) is 15.2.